The molecule has 5 nitrogen and oxygen atoms in total. The smallest absolute Gasteiger partial charge is 0.317 e. The van der Waals surface area contributed by atoms with Crippen molar-refractivity contribution in [2.24, 2.45) is 5.92 Å². The third kappa shape index (κ3) is 4.68. The largest absolute Gasteiger partial charge is 0.356 e. The van der Waals surface area contributed by atoms with Gasteiger partial charge in [0.15, 0.2) is 0 Å². The molecule has 0 bridgehead atoms. The fourth-order valence-corrected chi connectivity index (χ4v) is 2.83. The Kier molecular flexibility index (Phi) is 5.96. The predicted octanol–water partition coefficient (Wildman–Crippen LogP) is 2.44. The molecule has 126 valence electrons. The topological polar surface area (TPSA) is 61.4 Å². The van der Waals surface area contributed by atoms with Crippen molar-refractivity contribution in [3.8, 4) is 0 Å². The first-order valence-electron chi connectivity index (χ1n) is 8.10. The Morgan fingerprint density at radius 1 is 1.43 bits per heavy atom. The molecule has 23 heavy (non-hydrogen) atoms. The van der Waals surface area contributed by atoms with Gasteiger partial charge in [-0.15, -0.1) is 0 Å². The highest BCUT2D eigenvalue weighted by molar-refractivity contribution is 5.80. The zero-order valence-corrected chi connectivity index (χ0v) is 13.6. The normalized spacial score (nSPS) is 19.1. The van der Waals surface area contributed by atoms with Crippen LogP contribution in [-0.2, 0) is 4.79 Å². The van der Waals surface area contributed by atoms with E-state index in [0.717, 1.165) is 18.4 Å². The number of nitrogens with zero attached hydrogens (tertiary/aromatic N) is 1. The van der Waals surface area contributed by atoms with Crippen LogP contribution < -0.4 is 10.6 Å². The Labute approximate surface area is 136 Å². The molecule has 1 aliphatic heterocycles. The van der Waals surface area contributed by atoms with E-state index in [-0.39, 0.29) is 29.7 Å². The molecule has 0 saturated carbocycles. The number of hydrogen-bond acceptors (Lipinski definition) is 2. The van der Waals surface area contributed by atoms with Crippen LogP contribution in [0.5, 0.6) is 0 Å². The Hall–Kier alpha value is -2.11. The summed E-state index contributed by atoms with van der Waals surface area (Å²) in [5.74, 6) is -0.472. The van der Waals surface area contributed by atoms with E-state index in [1.54, 1.807) is 17.0 Å². The molecule has 1 aromatic rings. The summed E-state index contributed by atoms with van der Waals surface area (Å²) in [5, 5.41) is 5.68. The van der Waals surface area contributed by atoms with Gasteiger partial charge in [0.1, 0.15) is 5.82 Å². The van der Waals surface area contributed by atoms with Crippen LogP contribution in [0.2, 0.25) is 0 Å². The van der Waals surface area contributed by atoms with Crippen molar-refractivity contribution in [1.29, 1.82) is 0 Å². The second-order valence-electron chi connectivity index (χ2n) is 5.91. The predicted molar refractivity (Wildman–Crippen MR) is 86.3 cm³/mol. The van der Waals surface area contributed by atoms with Crippen LogP contribution in [0, 0.1) is 11.7 Å². The van der Waals surface area contributed by atoms with Gasteiger partial charge in [0.2, 0.25) is 5.91 Å². The van der Waals surface area contributed by atoms with E-state index in [4.69, 9.17) is 0 Å². The van der Waals surface area contributed by atoms with E-state index in [1.165, 1.54) is 12.1 Å². The summed E-state index contributed by atoms with van der Waals surface area (Å²) in [4.78, 5) is 26.0. The van der Waals surface area contributed by atoms with Gasteiger partial charge in [0, 0.05) is 19.6 Å². The Balaban J connectivity index is 1.93. The number of hydrogen-bond donors (Lipinski definition) is 2. The summed E-state index contributed by atoms with van der Waals surface area (Å²) in [6, 6.07) is 5.69. The Morgan fingerprint density at radius 3 is 2.91 bits per heavy atom. The molecular formula is C17H24FN3O2. The first-order chi connectivity index (χ1) is 11.0. The lowest BCUT2D eigenvalue weighted by molar-refractivity contribution is -0.126. The number of amides is 3. The summed E-state index contributed by atoms with van der Waals surface area (Å²) in [6.45, 7) is 5.35. The molecule has 2 atom stereocenters. The minimum Gasteiger partial charge on any atom is -0.356 e. The van der Waals surface area contributed by atoms with Crippen LogP contribution in [0.1, 0.15) is 38.3 Å². The van der Waals surface area contributed by atoms with Gasteiger partial charge in [-0.25, -0.2) is 9.18 Å². The van der Waals surface area contributed by atoms with Crippen molar-refractivity contribution in [3.63, 3.8) is 0 Å². The van der Waals surface area contributed by atoms with Gasteiger partial charge in [-0.1, -0.05) is 12.1 Å². The second kappa shape index (κ2) is 7.94. The van der Waals surface area contributed by atoms with E-state index in [9.17, 15) is 14.0 Å². The van der Waals surface area contributed by atoms with Gasteiger partial charge in [-0.3, -0.25) is 4.79 Å². The standard InChI is InChI=1S/C17H24FN3O2/c1-3-19-16(22)14-7-5-9-21(11-14)17(23)20-12(2)13-6-4-8-15(18)10-13/h4,6,8,10,12,14H,3,5,7,9,11H2,1-2H3,(H,19,22)(H,20,23)/t12-,14+/m1/s1. The molecule has 1 aliphatic rings. The third-order valence-corrected chi connectivity index (χ3v) is 4.12. The van der Waals surface area contributed by atoms with Crippen molar-refractivity contribution in [3.05, 3.63) is 35.6 Å². The molecular weight excluding hydrogens is 297 g/mol. The Morgan fingerprint density at radius 2 is 2.22 bits per heavy atom. The second-order valence-corrected chi connectivity index (χ2v) is 5.91. The summed E-state index contributed by atoms with van der Waals surface area (Å²) >= 11 is 0. The number of carbonyl (C=O) groups is 2. The summed E-state index contributed by atoms with van der Waals surface area (Å²) in [7, 11) is 0. The maximum atomic E-state index is 13.3. The van der Waals surface area contributed by atoms with Crippen molar-refractivity contribution in [2.45, 2.75) is 32.7 Å². The quantitative estimate of drug-likeness (QED) is 0.895. The number of carbonyl (C=O) groups excluding carboxylic acids is 2. The molecule has 1 saturated heterocycles. The maximum absolute atomic E-state index is 13.3. The lowest BCUT2D eigenvalue weighted by atomic mass is 9.97. The summed E-state index contributed by atoms with van der Waals surface area (Å²) < 4.78 is 13.3. The van der Waals surface area contributed by atoms with E-state index in [2.05, 4.69) is 10.6 Å². The number of benzene rings is 1. The van der Waals surface area contributed by atoms with Crippen LogP contribution in [0.15, 0.2) is 24.3 Å². The molecule has 1 heterocycles. The van der Waals surface area contributed by atoms with Gasteiger partial charge < -0.3 is 15.5 Å². The molecule has 0 radical (unpaired) electrons. The number of piperidine rings is 1. The van der Waals surface area contributed by atoms with Gasteiger partial charge in [-0.2, -0.15) is 0 Å². The highest BCUT2D eigenvalue weighted by Gasteiger charge is 2.28. The maximum Gasteiger partial charge on any atom is 0.317 e. The summed E-state index contributed by atoms with van der Waals surface area (Å²) in [6.07, 6.45) is 1.61. The van der Waals surface area contributed by atoms with Crippen molar-refractivity contribution in [2.75, 3.05) is 19.6 Å². The molecule has 1 aromatic carbocycles. The monoisotopic (exact) mass is 321 g/mol. The van der Waals surface area contributed by atoms with E-state index < -0.39 is 0 Å². The highest BCUT2D eigenvalue weighted by Crippen LogP contribution is 2.18. The average Bonchev–Trinajstić information content (AvgIpc) is 2.55. The van der Waals surface area contributed by atoms with Crippen molar-refractivity contribution >= 4 is 11.9 Å². The molecule has 2 rings (SSSR count). The van der Waals surface area contributed by atoms with E-state index in [1.807, 2.05) is 13.8 Å². The molecule has 6 heteroatoms. The number of urea groups is 1. The van der Waals surface area contributed by atoms with Crippen LogP contribution in [-0.4, -0.2) is 36.5 Å². The molecule has 3 amide bonds. The number of rotatable bonds is 4. The zero-order valence-electron chi connectivity index (χ0n) is 13.6. The first kappa shape index (κ1) is 17.2. The minimum atomic E-state index is -0.321. The van der Waals surface area contributed by atoms with Gasteiger partial charge in [0.25, 0.3) is 0 Å². The number of nitrogens with one attached hydrogen (secondary N) is 2. The van der Waals surface area contributed by atoms with Gasteiger partial charge in [0.05, 0.1) is 12.0 Å². The zero-order chi connectivity index (χ0) is 16.8. The molecule has 2 N–H and O–H groups in total. The molecule has 0 unspecified atom stereocenters. The van der Waals surface area contributed by atoms with Crippen molar-refractivity contribution < 1.29 is 14.0 Å². The SMILES string of the molecule is CCNC(=O)[C@H]1CCCN(C(=O)N[C@H](C)c2cccc(F)c2)C1. The molecule has 0 spiro atoms. The van der Waals surface area contributed by atoms with Crippen molar-refractivity contribution in [1.82, 2.24) is 15.5 Å². The van der Waals surface area contributed by atoms with Crippen LogP contribution in [0.25, 0.3) is 0 Å². The minimum absolute atomic E-state index is 0.00294. The molecule has 0 aliphatic carbocycles. The van der Waals surface area contributed by atoms with Crippen LogP contribution in [0.3, 0.4) is 0 Å². The fraction of sp³-hybridized carbons (Fsp3) is 0.529. The fourth-order valence-electron chi connectivity index (χ4n) is 2.83. The van der Waals surface area contributed by atoms with E-state index in [0.29, 0.717) is 19.6 Å². The summed E-state index contributed by atoms with van der Waals surface area (Å²) in [5.41, 5.74) is 0.718. The lowest BCUT2D eigenvalue weighted by Gasteiger charge is -2.33. The molecule has 0 aromatic heterocycles. The van der Waals surface area contributed by atoms with Crippen LogP contribution >= 0.6 is 0 Å². The number of halogens is 1. The van der Waals surface area contributed by atoms with Gasteiger partial charge >= 0.3 is 6.03 Å². The number of likely N-dealkylation sites (tertiary alicyclic amines) is 1. The average molecular weight is 321 g/mol. The Bertz CT molecular complexity index is 565. The van der Waals surface area contributed by atoms with E-state index >= 15 is 0 Å². The van der Waals surface area contributed by atoms with Crippen LogP contribution in [0.4, 0.5) is 9.18 Å². The highest BCUT2D eigenvalue weighted by atomic mass is 19.1. The molecule has 1 fully saturated rings. The first-order valence-corrected chi connectivity index (χ1v) is 8.10. The third-order valence-electron chi connectivity index (χ3n) is 4.12. The lowest BCUT2D eigenvalue weighted by Crippen LogP contribution is -2.49. The van der Waals surface area contributed by atoms with Gasteiger partial charge in [-0.05, 0) is 44.4 Å².